The molecular weight excluding hydrogens is 344 g/mol. The second-order valence-corrected chi connectivity index (χ2v) is 7.68. The highest BCUT2D eigenvalue weighted by Gasteiger charge is 2.16. The fraction of sp³-hybridized carbons (Fsp3) is 0.312. The Bertz CT molecular complexity index is 962. The first kappa shape index (κ1) is 16.9. The summed E-state index contributed by atoms with van der Waals surface area (Å²) in [5.41, 5.74) is 5.90. The topological polar surface area (TPSA) is 81.2 Å². The predicted octanol–water partition coefficient (Wildman–Crippen LogP) is 1.75. The summed E-state index contributed by atoms with van der Waals surface area (Å²) in [5, 5.41) is 1.51. The van der Waals surface area contributed by atoms with Crippen molar-refractivity contribution in [3.05, 3.63) is 34.6 Å². The number of hydrogen-bond donors (Lipinski definition) is 1. The van der Waals surface area contributed by atoms with Crippen molar-refractivity contribution in [2.75, 3.05) is 26.4 Å². The zero-order valence-corrected chi connectivity index (χ0v) is 15.1. The molecule has 0 aliphatic heterocycles. The summed E-state index contributed by atoms with van der Waals surface area (Å²) < 4.78 is 3.33. The molecule has 0 saturated carbocycles. The van der Waals surface area contributed by atoms with E-state index in [2.05, 4.69) is 4.98 Å². The van der Waals surface area contributed by atoms with Crippen molar-refractivity contribution >= 4 is 49.3 Å². The molecule has 3 aromatic rings. The largest absolute Gasteiger partial charge is 0.369 e. The zero-order valence-electron chi connectivity index (χ0n) is 13.5. The smallest absolute Gasteiger partial charge is 0.272 e. The summed E-state index contributed by atoms with van der Waals surface area (Å²) >= 11 is 2.67. The summed E-state index contributed by atoms with van der Waals surface area (Å²) in [6.45, 7) is 1.23. The Kier molecular flexibility index (Phi) is 4.88. The predicted molar refractivity (Wildman–Crippen MR) is 99.9 cm³/mol. The highest BCUT2D eigenvalue weighted by atomic mass is 32.2. The molecule has 0 unspecified atom stereocenters. The molecule has 1 aromatic carbocycles. The summed E-state index contributed by atoms with van der Waals surface area (Å²) in [5.74, 6) is -0.328. The normalized spacial score (nSPS) is 11.6. The fourth-order valence-corrected chi connectivity index (χ4v) is 4.24. The lowest BCUT2D eigenvalue weighted by atomic mass is 10.2. The molecule has 0 bridgehead atoms. The van der Waals surface area contributed by atoms with Gasteiger partial charge in [0.15, 0.2) is 5.16 Å². The van der Waals surface area contributed by atoms with Crippen LogP contribution in [0.5, 0.6) is 0 Å². The molecule has 2 heterocycles. The van der Waals surface area contributed by atoms with Crippen molar-refractivity contribution in [2.24, 2.45) is 5.73 Å². The van der Waals surface area contributed by atoms with Crippen molar-refractivity contribution in [2.45, 2.75) is 11.7 Å². The summed E-state index contributed by atoms with van der Waals surface area (Å²) in [6, 6.07) is 7.84. The summed E-state index contributed by atoms with van der Waals surface area (Å²) in [6.07, 6.45) is 0. The number of carbonyl (C=O) groups excluding carboxylic acids is 1. The molecule has 2 aromatic heterocycles. The zero-order chi connectivity index (χ0) is 17.3. The number of nitrogens with zero attached hydrogens (tertiary/aromatic N) is 3. The minimum Gasteiger partial charge on any atom is -0.369 e. The molecular formula is C16H18N4O2S2. The van der Waals surface area contributed by atoms with Gasteiger partial charge in [0, 0.05) is 23.2 Å². The molecule has 0 spiro atoms. The van der Waals surface area contributed by atoms with Crippen LogP contribution in [-0.4, -0.2) is 46.8 Å². The van der Waals surface area contributed by atoms with E-state index in [1.165, 1.54) is 23.1 Å². The van der Waals surface area contributed by atoms with Gasteiger partial charge in [0.25, 0.3) is 5.56 Å². The molecule has 126 valence electrons. The van der Waals surface area contributed by atoms with E-state index in [1.807, 2.05) is 43.3 Å². The van der Waals surface area contributed by atoms with Crippen LogP contribution in [0.15, 0.2) is 34.2 Å². The van der Waals surface area contributed by atoms with E-state index in [4.69, 9.17) is 5.73 Å². The lowest BCUT2D eigenvalue weighted by Gasteiger charge is -2.14. The SMILES string of the molecule is CN(C)CCn1c(SCC(N)=O)nc2c(sc3ccccc32)c1=O. The van der Waals surface area contributed by atoms with Crippen LogP contribution in [0.4, 0.5) is 0 Å². The van der Waals surface area contributed by atoms with E-state index >= 15 is 0 Å². The minimum absolute atomic E-state index is 0.0602. The number of aromatic nitrogens is 2. The van der Waals surface area contributed by atoms with Crippen molar-refractivity contribution in [1.29, 1.82) is 0 Å². The number of rotatable bonds is 6. The van der Waals surface area contributed by atoms with E-state index in [1.54, 1.807) is 4.57 Å². The number of carbonyl (C=O) groups is 1. The van der Waals surface area contributed by atoms with Gasteiger partial charge in [0.05, 0.1) is 11.3 Å². The number of thioether (sulfide) groups is 1. The molecule has 0 atom stereocenters. The lowest BCUT2D eigenvalue weighted by molar-refractivity contribution is -0.115. The average molecular weight is 362 g/mol. The van der Waals surface area contributed by atoms with E-state index in [0.29, 0.717) is 28.5 Å². The van der Waals surface area contributed by atoms with Crippen molar-refractivity contribution in [1.82, 2.24) is 14.5 Å². The van der Waals surface area contributed by atoms with Crippen LogP contribution < -0.4 is 11.3 Å². The Labute approximate surface area is 147 Å². The molecule has 6 nitrogen and oxygen atoms in total. The molecule has 2 N–H and O–H groups in total. The number of benzene rings is 1. The Morgan fingerprint density at radius 3 is 2.83 bits per heavy atom. The number of thiophene rings is 1. The van der Waals surface area contributed by atoms with Crippen LogP contribution in [0, 0.1) is 0 Å². The van der Waals surface area contributed by atoms with Gasteiger partial charge >= 0.3 is 0 Å². The minimum atomic E-state index is -0.427. The molecule has 0 saturated heterocycles. The van der Waals surface area contributed by atoms with Crippen molar-refractivity contribution in [3.63, 3.8) is 0 Å². The molecule has 0 aliphatic carbocycles. The van der Waals surface area contributed by atoms with E-state index in [0.717, 1.165) is 10.1 Å². The van der Waals surface area contributed by atoms with Gasteiger partial charge in [-0.3, -0.25) is 14.2 Å². The Balaban J connectivity index is 2.19. The number of likely N-dealkylation sites (N-methyl/N-ethyl adjacent to an activating group) is 1. The monoisotopic (exact) mass is 362 g/mol. The molecule has 8 heteroatoms. The van der Waals surface area contributed by atoms with Gasteiger partial charge in [-0.25, -0.2) is 4.98 Å². The van der Waals surface area contributed by atoms with E-state index < -0.39 is 5.91 Å². The van der Waals surface area contributed by atoms with Gasteiger partial charge < -0.3 is 10.6 Å². The fourth-order valence-electron chi connectivity index (χ4n) is 2.40. The highest BCUT2D eigenvalue weighted by Crippen LogP contribution is 2.31. The third-order valence-corrected chi connectivity index (χ3v) is 5.71. The van der Waals surface area contributed by atoms with Gasteiger partial charge in [-0.05, 0) is 20.2 Å². The first-order valence-corrected chi connectivity index (χ1v) is 9.25. The van der Waals surface area contributed by atoms with Gasteiger partial charge in [-0.2, -0.15) is 0 Å². The molecule has 0 aliphatic rings. The number of primary amides is 1. The third-order valence-electron chi connectivity index (χ3n) is 3.56. The third kappa shape index (κ3) is 3.31. The van der Waals surface area contributed by atoms with Crippen LogP contribution in [-0.2, 0) is 11.3 Å². The summed E-state index contributed by atoms with van der Waals surface area (Å²) in [7, 11) is 3.90. The molecule has 24 heavy (non-hydrogen) atoms. The Morgan fingerprint density at radius 2 is 2.12 bits per heavy atom. The van der Waals surface area contributed by atoms with Crippen LogP contribution in [0.25, 0.3) is 20.3 Å². The van der Waals surface area contributed by atoms with Gasteiger partial charge in [0.1, 0.15) is 4.70 Å². The second kappa shape index (κ2) is 6.92. The quantitative estimate of drug-likeness (QED) is 0.534. The van der Waals surface area contributed by atoms with Gasteiger partial charge in [0.2, 0.25) is 5.91 Å². The van der Waals surface area contributed by atoms with Crippen LogP contribution >= 0.6 is 23.1 Å². The van der Waals surface area contributed by atoms with Crippen LogP contribution in [0.1, 0.15) is 0 Å². The number of fused-ring (bicyclic) bond motifs is 3. The Morgan fingerprint density at radius 1 is 1.38 bits per heavy atom. The van der Waals surface area contributed by atoms with E-state index in [9.17, 15) is 9.59 Å². The number of nitrogens with two attached hydrogens (primary N) is 1. The molecule has 3 rings (SSSR count). The van der Waals surface area contributed by atoms with Crippen molar-refractivity contribution < 1.29 is 4.79 Å². The molecule has 0 fully saturated rings. The Hall–Kier alpha value is -1.90. The van der Waals surface area contributed by atoms with E-state index in [-0.39, 0.29) is 11.3 Å². The van der Waals surface area contributed by atoms with Crippen LogP contribution in [0.3, 0.4) is 0 Å². The maximum Gasteiger partial charge on any atom is 0.272 e. The van der Waals surface area contributed by atoms with Crippen molar-refractivity contribution in [3.8, 4) is 0 Å². The number of amides is 1. The first-order chi connectivity index (χ1) is 11.5. The highest BCUT2D eigenvalue weighted by molar-refractivity contribution is 7.99. The van der Waals surface area contributed by atoms with Crippen LogP contribution in [0.2, 0.25) is 0 Å². The number of hydrogen-bond acceptors (Lipinski definition) is 6. The molecule has 1 amide bonds. The first-order valence-electron chi connectivity index (χ1n) is 7.45. The lowest BCUT2D eigenvalue weighted by Crippen LogP contribution is -2.28. The summed E-state index contributed by atoms with van der Waals surface area (Å²) in [4.78, 5) is 30.8. The maximum atomic E-state index is 13.0. The van der Waals surface area contributed by atoms with Gasteiger partial charge in [-0.15, -0.1) is 11.3 Å². The average Bonchev–Trinajstić information content (AvgIpc) is 2.91. The standard InChI is InChI=1S/C16H18N4O2S2/c1-19(2)7-8-20-15(22)14-13(18-16(20)23-9-12(17)21)10-5-3-4-6-11(10)24-14/h3-6H,7-9H2,1-2H3,(H2,17,21). The maximum absolute atomic E-state index is 13.0. The molecule has 0 radical (unpaired) electrons. The second-order valence-electron chi connectivity index (χ2n) is 5.69. The van der Waals surface area contributed by atoms with Gasteiger partial charge in [-0.1, -0.05) is 30.0 Å².